The van der Waals surface area contributed by atoms with Crippen LogP contribution < -0.4 is 0 Å². The molecule has 2 saturated heterocycles. The maximum Gasteiger partial charge on any atom is 0.161 e. The Kier molecular flexibility index (Phi) is 9.20. The molecule has 1 radical (unpaired) electrons. The summed E-state index contributed by atoms with van der Waals surface area (Å²) < 4.78 is 40.2. The lowest BCUT2D eigenvalue weighted by Gasteiger charge is -2.14. The smallest absolute Gasteiger partial charge is 0.161 e. The van der Waals surface area contributed by atoms with Crippen LogP contribution in [-0.4, -0.2) is 66.8 Å². The lowest BCUT2D eigenvalue weighted by atomic mass is 10.0. The first-order chi connectivity index (χ1) is 12.7. The summed E-state index contributed by atoms with van der Waals surface area (Å²) in [5.41, 5.74) is 0. The van der Waals surface area contributed by atoms with Crippen LogP contribution in [0.25, 0.3) is 0 Å². The summed E-state index contributed by atoms with van der Waals surface area (Å²) in [4.78, 5) is 22.2. The first kappa shape index (κ1) is 19.7. The number of Topliss-reactive ketones (excluding diaryl/α,β-unsaturated/α-hetero) is 2. The number of carbonyl (C=O) groups is 2. The highest BCUT2D eigenvalue weighted by atomic mass is 32.7. The topological polar surface area (TPSA) is 80.3 Å². The lowest BCUT2D eigenvalue weighted by Crippen LogP contribution is -2.29. The van der Waals surface area contributed by atoms with Gasteiger partial charge in [0.2, 0.25) is 0 Å². The quantitative estimate of drug-likeness (QED) is 0.349. The van der Waals surface area contributed by atoms with Gasteiger partial charge in [0.15, 0.2) is 24.1 Å². The standard InChI is InChI=1S/C8H14O3.C7H13BO4PS/c1-5-4-7(10-3)11-8(5)6(2)9;1-4(9)7-5(12-14-13-8)3-6(10-2)11-7/h5,7-8H,4H2,1-3H3;5-8,13H,3H2,1-2H3/t5-,7?,8-;5-,6?,7+,13?/m00/s1/i;8T,13D. The maximum absolute atomic E-state index is 11.3. The van der Waals surface area contributed by atoms with E-state index in [1.165, 1.54) is 14.0 Å². The number of rotatable bonds is 8. The molecule has 0 aliphatic carbocycles. The Morgan fingerprint density at radius 3 is 2.20 bits per heavy atom. The van der Waals surface area contributed by atoms with Crippen LogP contribution >= 0.6 is 19.3 Å². The van der Waals surface area contributed by atoms with Crippen LogP contribution in [0.3, 0.4) is 0 Å². The zero-order valence-electron chi connectivity index (χ0n) is 17.2. The van der Waals surface area contributed by atoms with Crippen molar-refractivity contribution < 1.29 is 32.7 Å². The van der Waals surface area contributed by atoms with E-state index in [0.29, 0.717) is 6.42 Å². The number of hydrogen-bond acceptors (Lipinski definition) is 8. The van der Waals surface area contributed by atoms with Crippen molar-refractivity contribution in [2.45, 2.75) is 64.5 Å². The molecule has 0 spiro atoms. The summed E-state index contributed by atoms with van der Waals surface area (Å²) in [7, 11) is 2.75. The highest BCUT2D eigenvalue weighted by Gasteiger charge is 2.39. The van der Waals surface area contributed by atoms with E-state index in [4.69, 9.17) is 25.7 Å². The molecule has 3 unspecified atom stereocenters. The third kappa shape index (κ3) is 7.25. The van der Waals surface area contributed by atoms with Crippen LogP contribution in [0.1, 0.15) is 33.6 Å². The second-order valence-corrected chi connectivity index (χ2v) is 7.56. The number of hydrogen-bond donors (Lipinski definition) is 0. The van der Waals surface area contributed by atoms with Crippen molar-refractivity contribution in [3.63, 3.8) is 0 Å². The van der Waals surface area contributed by atoms with E-state index in [1.54, 1.807) is 14.0 Å². The summed E-state index contributed by atoms with van der Waals surface area (Å²) in [6.45, 7) is 4.99. The third-order valence-electron chi connectivity index (χ3n) is 3.98. The van der Waals surface area contributed by atoms with E-state index in [9.17, 15) is 9.59 Å². The summed E-state index contributed by atoms with van der Waals surface area (Å²) in [5, 5.41) is 0. The van der Waals surface area contributed by atoms with Crippen molar-refractivity contribution in [2.24, 2.45) is 5.92 Å². The van der Waals surface area contributed by atoms with Gasteiger partial charge >= 0.3 is 0 Å². The molecular formula is C15H27BO7PS. The minimum absolute atomic E-state index is 0.0945. The summed E-state index contributed by atoms with van der Waals surface area (Å²) in [6.07, 6.45) is -0.611. The molecule has 2 fully saturated rings. The minimum Gasteiger partial charge on any atom is -0.356 e. The Labute approximate surface area is 158 Å². The van der Waals surface area contributed by atoms with E-state index in [2.05, 4.69) is 0 Å². The molecule has 0 aromatic carbocycles. The normalized spacial score (nSPS) is 36.7. The summed E-state index contributed by atoms with van der Waals surface area (Å²) >= 11 is 0.908. The van der Waals surface area contributed by atoms with Gasteiger partial charge in [-0.15, -0.1) is 0 Å². The number of methoxy groups -OCH3 is 2. The molecule has 7 atom stereocenters. The molecule has 0 aromatic rings. The van der Waals surface area contributed by atoms with Gasteiger partial charge in [-0.1, -0.05) is 14.5 Å². The van der Waals surface area contributed by atoms with Crippen molar-refractivity contribution in [3.05, 3.63) is 0 Å². The molecule has 2 heterocycles. The van der Waals surface area contributed by atoms with Crippen molar-refractivity contribution in [2.75, 3.05) is 14.2 Å². The Bertz CT molecular complexity index is 493. The molecule has 0 N–H and O–H groups in total. The fraction of sp³-hybridized carbons (Fsp3) is 0.867. The van der Waals surface area contributed by atoms with Gasteiger partial charge in [0.05, 0.1) is 1.28 Å². The average molecular weight is 396 g/mol. The van der Waals surface area contributed by atoms with E-state index in [-0.39, 0.29) is 29.9 Å². The minimum atomic E-state index is -1.37. The fourth-order valence-electron chi connectivity index (χ4n) is 2.73. The van der Waals surface area contributed by atoms with Crippen LogP contribution in [0.15, 0.2) is 0 Å². The zero-order chi connectivity index (χ0) is 20.6. The first-order valence-corrected chi connectivity index (χ1v) is 10.2. The number of ether oxygens (including phenoxy) is 4. The van der Waals surface area contributed by atoms with E-state index < -0.39 is 26.1 Å². The lowest BCUT2D eigenvalue weighted by molar-refractivity contribution is -0.146. The monoisotopic (exact) mass is 396 g/mol. The summed E-state index contributed by atoms with van der Waals surface area (Å²) in [5.74, 6) is 0.267. The van der Waals surface area contributed by atoms with E-state index >= 15 is 0 Å². The average Bonchev–Trinajstić information content (AvgIpc) is 3.23. The number of ketones is 2. The molecule has 143 valence electrons. The largest absolute Gasteiger partial charge is 0.356 e. The van der Waals surface area contributed by atoms with E-state index in [0.717, 1.165) is 25.6 Å². The molecule has 2 aliphatic heterocycles. The predicted octanol–water partition coefficient (Wildman–Crippen LogP) is 1.75. The van der Waals surface area contributed by atoms with Crippen molar-refractivity contribution >= 4 is 38.4 Å². The van der Waals surface area contributed by atoms with Crippen LogP contribution in [0, 0.1) is 5.92 Å². The molecule has 2 aliphatic rings. The van der Waals surface area contributed by atoms with Crippen molar-refractivity contribution in [3.8, 4) is 0 Å². The van der Waals surface area contributed by atoms with Gasteiger partial charge in [-0.05, 0) is 21.1 Å². The Morgan fingerprint density at radius 1 is 1.20 bits per heavy atom. The molecule has 2 rings (SSSR count). The first-order valence-electron chi connectivity index (χ1n) is 8.96. The highest BCUT2D eigenvalue weighted by Crippen LogP contribution is 2.33. The molecule has 0 bridgehead atoms. The van der Waals surface area contributed by atoms with Crippen LogP contribution in [0.4, 0.5) is 0 Å². The van der Waals surface area contributed by atoms with Gasteiger partial charge in [0, 0.05) is 38.7 Å². The fourth-order valence-corrected chi connectivity index (χ4v) is 3.55. The van der Waals surface area contributed by atoms with Gasteiger partial charge < -0.3 is 23.1 Å². The third-order valence-corrected chi connectivity index (χ3v) is 4.91. The zero-order valence-corrected chi connectivity index (χ0v) is 16.9. The van der Waals surface area contributed by atoms with Crippen LogP contribution in [-0.2, 0) is 32.7 Å². The highest BCUT2D eigenvalue weighted by molar-refractivity contribution is 8.53. The Morgan fingerprint density at radius 2 is 1.76 bits per heavy atom. The molecule has 10 heteroatoms. The molecule has 0 saturated carbocycles. The van der Waals surface area contributed by atoms with Gasteiger partial charge in [-0.2, -0.15) is 0 Å². The van der Waals surface area contributed by atoms with Crippen LogP contribution in [0.2, 0.25) is 0 Å². The molecule has 0 aromatic heterocycles. The van der Waals surface area contributed by atoms with Gasteiger partial charge in [-0.3, -0.25) is 9.59 Å². The molecule has 0 amide bonds. The molecular weight excluding hydrogens is 366 g/mol. The Hall–Kier alpha value is -0.0151. The van der Waals surface area contributed by atoms with Gasteiger partial charge in [0.1, 0.15) is 25.8 Å². The second kappa shape index (κ2) is 11.6. The SMILES string of the molecule is COC1C[C@H](C)[C@@H](C(C)=O)O1.[2H]P([B][3H])SO[C@H]1CC(OC)O[C@@H]1C(C)=O. The van der Waals surface area contributed by atoms with Gasteiger partial charge in [-0.25, -0.2) is 0 Å². The molecule has 25 heavy (non-hydrogen) atoms. The van der Waals surface area contributed by atoms with Crippen molar-refractivity contribution in [1.82, 2.24) is 0 Å². The summed E-state index contributed by atoms with van der Waals surface area (Å²) in [6, 6.07) is 0. The maximum atomic E-state index is 11.3. The van der Waals surface area contributed by atoms with E-state index in [1.807, 2.05) is 6.92 Å². The number of carbonyl (C=O) groups excluding carboxylic acids is 2. The second-order valence-electron chi connectivity index (χ2n) is 5.93. The van der Waals surface area contributed by atoms with Crippen LogP contribution in [0.5, 0.6) is 0 Å². The van der Waals surface area contributed by atoms with Gasteiger partial charge in [0.25, 0.3) is 0 Å². The van der Waals surface area contributed by atoms with Crippen molar-refractivity contribution in [1.29, 1.82) is 2.61 Å². The Balaban J connectivity index is 0.000000289. The predicted molar refractivity (Wildman–Crippen MR) is 99.0 cm³/mol. The molecule has 7 nitrogen and oxygen atoms in total.